The standard InChI is InChI=1S/C11H14N2O6/c1-18-10-6-8(13(16)17)2-3-9(10)19-7-11(15)12-4-5-14/h2-3,6,14H,4-5,7H2,1H3,(H,12,15). The number of aliphatic hydroxyl groups is 1. The topological polar surface area (TPSA) is 111 Å². The molecule has 0 aromatic heterocycles. The number of ether oxygens (including phenoxy) is 2. The lowest BCUT2D eigenvalue weighted by Crippen LogP contribution is -2.31. The van der Waals surface area contributed by atoms with Crippen molar-refractivity contribution in [1.29, 1.82) is 0 Å². The smallest absolute Gasteiger partial charge is 0.273 e. The Labute approximate surface area is 109 Å². The van der Waals surface area contributed by atoms with Gasteiger partial charge in [0.2, 0.25) is 0 Å². The maximum absolute atomic E-state index is 11.3. The number of nitrogens with zero attached hydrogens (tertiary/aromatic N) is 1. The van der Waals surface area contributed by atoms with Gasteiger partial charge in [0, 0.05) is 12.6 Å². The second kappa shape index (κ2) is 7.17. The van der Waals surface area contributed by atoms with Gasteiger partial charge < -0.3 is 19.9 Å². The molecule has 0 aliphatic rings. The molecule has 0 saturated heterocycles. The van der Waals surface area contributed by atoms with Gasteiger partial charge in [0.1, 0.15) is 0 Å². The first-order chi connectivity index (χ1) is 9.08. The Balaban J connectivity index is 2.68. The fourth-order valence-electron chi connectivity index (χ4n) is 1.28. The summed E-state index contributed by atoms with van der Waals surface area (Å²) in [5.41, 5.74) is -0.131. The number of hydrogen-bond donors (Lipinski definition) is 2. The zero-order valence-electron chi connectivity index (χ0n) is 10.3. The SMILES string of the molecule is COc1cc([N+](=O)[O-])ccc1OCC(=O)NCCO. The Morgan fingerprint density at radius 3 is 2.79 bits per heavy atom. The average Bonchev–Trinajstić information content (AvgIpc) is 2.42. The number of nitro groups is 1. The minimum absolute atomic E-state index is 0.131. The molecule has 0 unspecified atom stereocenters. The maximum Gasteiger partial charge on any atom is 0.273 e. The van der Waals surface area contributed by atoms with Gasteiger partial charge in [-0.3, -0.25) is 14.9 Å². The zero-order chi connectivity index (χ0) is 14.3. The number of non-ortho nitro benzene ring substituents is 1. The summed E-state index contributed by atoms with van der Waals surface area (Å²) in [7, 11) is 1.34. The highest BCUT2D eigenvalue weighted by atomic mass is 16.6. The molecule has 0 atom stereocenters. The monoisotopic (exact) mass is 270 g/mol. The third-order valence-corrected chi connectivity index (χ3v) is 2.15. The molecule has 0 radical (unpaired) electrons. The highest BCUT2D eigenvalue weighted by Gasteiger charge is 2.13. The number of nitrogens with one attached hydrogen (secondary N) is 1. The summed E-state index contributed by atoms with van der Waals surface area (Å²) in [6.07, 6.45) is 0. The summed E-state index contributed by atoms with van der Waals surface area (Å²) < 4.78 is 10.1. The Morgan fingerprint density at radius 1 is 1.47 bits per heavy atom. The van der Waals surface area contributed by atoms with Gasteiger partial charge in [-0.1, -0.05) is 0 Å². The number of hydrogen-bond acceptors (Lipinski definition) is 6. The second-order valence-corrected chi connectivity index (χ2v) is 3.45. The molecule has 104 valence electrons. The summed E-state index contributed by atoms with van der Waals surface area (Å²) in [6, 6.07) is 3.82. The molecule has 0 spiro atoms. The van der Waals surface area contributed by atoms with E-state index in [9.17, 15) is 14.9 Å². The van der Waals surface area contributed by atoms with Crippen molar-refractivity contribution in [3.8, 4) is 11.5 Å². The molecule has 1 amide bonds. The number of benzene rings is 1. The number of rotatable bonds is 7. The lowest BCUT2D eigenvalue weighted by Gasteiger charge is -2.10. The summed E-state index contributed by atoms with van der Waals surface area (Å²) in [6.45, 7) is -0.291. The van der Waals surface area contributed by atoms with Crippen LogP contribution in [-0.4, -0.2) is 42.8 Å². The van der Waals surface area contributed by atoms with E-state index in [2.05, 4.69) is 5.32 Å². The van der Waals surface area contributed by atoms with Crippen molar-refractivity contribution in [2.24, 2.45) is 0 Å². The van der Waals surface area contributed by atoms with E-state index < -0.39 is 10.8 Å². The fraction of sp³-hybridized carbons (Fsp3) is 0.364. The van der Waals surface area contributed by atoms with Gasteiger partial charge >= 0.3 is 0 Å². The van der Waals surface area contributed by atoms with Crippen molar-refractivity contribution in [1.82, 2.24) is 5.32 Å². The van der Waals surface area contributed by atoms with Gasteiger partial charge in [-0.2, -0.15) is 0 Å². The largest absolute Gasteiger partial charge is 0.493 e. The second-order valence-electron chi connectivity index (χ2n) is 3.45. The van der Waals surface area contributed by atoms with Crippen LogP contribution >= 0.6 is 0 Å². The summed E-state index contributed by atoms with van der Waals surface area (Å²) in [5.74, 6) is -0.00846. The Kier molecular flexibility index (Phi) is 5.55. The molecule has 1 rings (SSSR count). The first kappa shape index (κ1) is 14.7. The third kappa shape index (κ3) is 4.43. The Hall–Kier alpha value is -2.35. The number of nitro benzene ring substituents is 1. The Bertz CT molecular complexity index is 462. The normalized spacial score (nSPS) is 9.79. The molecule has 0 fully saturated rings. The van der Waals surface area contributed by atoms with E-state index in [1.54, 1.807) is 0 Å². The van der Waals surface area contributed by atoms with Crippen LogP contribution in [0.15, 0.2) is 18.2 Å². The van der Waals surface area contributed by atoms with E-state index in [1.165, 1.54) is 25.3 Å². The number of aliphatic hydroxyl groups excluding tert-OH is 1. The molecular weight excluding hydrogens is 256 g/mol. The zero-order valence-corrected chi connectivity index (χ0v) is 10.3. The van der Waals surface area contributed by atoms with E-state index >= 15 is 0 Å². The first-order valence-electron chi connectivity index (χ1n) is 5.41. The van der Waals surface area contributed by atoms with Gasteiger partial charge in [0.25, 0.3) is 11.6 Å². The third-order valence-electron chi connectivity index (χ3n) is 2.15. The predicted octanol–water partition coefficient (Wildman–Crippen LogP) is 0.0907. The highest BCUT2D eigenvalue weighted by Crippen LogP contribution is 2.30. The van der Waals surface area contributed by atoms with Gasteiger partial charge in [-0.05, 0) is 6.07 Å². The van der Waals surface area contributed by atoms with Crippen molar-refractivity contribution in [2.45, 2.75) is 0 Å². The van der Waals surface area contributed by atoms with E-state index in [-0.39, 0.29) is 36.9 Å². The van der Waals surface area contributed by atoms with Gasteiger partial charge in [-0.15, -0.1) is 0 Å². The lowest BCUT2D eigenvalue weighted by molar-refractivity contribution is -0.384. The number of amides is 1. The molecule has 1 aromatic rings. The van der Waals surface area contributed by atoms with Crippen molar-refractivity contribution < 1.29 is 24.3 Å². The van der Waals surface area contributed by atoms with Crippen LogP contribution in [0.2, 0.25) is 0 Å². The number of carbonyl (C=O) groups is 1. The van der Waals surface area contributed by atoms with Gasteiger partial charge in [0.15, 0.2) is 18.1 Å². The molecule has 2 N–H and O–H groups in total. The fourth-order valence-corrected chi connectivity index (χ4v) is 1.28. The lowest BCUT2D eigenvalue weighted by atomic mass is 10.3. The molecular formula is C11H14N2O6. The van der Waals surface area contributed by atoms with Crippen LogP contribution in [0.25, 0.3) is 0 Å². The molecule has 1 aromatic carbocycles. The predicted molar refractivity (Wildman–Crippen MR) is 65.2 cm³/mol. The van der Waals surface area contributed by atoms with Crippen LogP contribution in [-0.2, 0) is 4.79 Å². The van der Waals surface area contributed by atoms with Gasteiger partial charge in [-0.25, -0.2) is 0 Å². The average molecular weight is 270 g/mol. The first-order valence-corrected chi connectivity index (χ1v) is 5.41. The molecule has 0 heterocycles. The van der Waals surface area contributed by atoms with Crippen LogP contribution in [0.5, 0.6) is 11.5 Å². The van der Waals surface area contributed by atoms with Crippen LogP contribution in [0.1, 0.15) is 0 Å². The van der Waals surface area contributed by atoms with E-state index in [0.29, 0.717) is 0 Å². The highest BCUT2D eigenvalue weighted by molar-refractivity contribution is 5.77. The molecule has 8 nitrogen and oxygen atoms in total. The molecule has 8 heteroatoms. The van der Waals surface area contributed by atoms with Crippen LogP contribution in [0.3, 0.4) is 0 Å². The van der Waals surface area contributed by atoms with Crippen molar-refractivity contribution in [2.75, 3.05) is 26.9 Å². The Morgan fingerprint density at radius 2 is 2.21 bits per heavy atom. The molecule has 0 aliphatic carbocycles. The summed E-state index contributed by atoms with van der Waals surface area (Å²) in [5, 5.41) is 21.5. The minimum Gasteiger partial charge on any atom is -0.493 e. The summed E-state index contributed by atoms with van der Waals surface area (Å²) in [4.78, 5) is 21.3. The summed E-state index contributed by atoms with van der Waals surface area (Å²) >= 11 is 0. The van der Waals surface area contributed by atoms with E-state index in [0.717, 1.165) is 0 Å². The van der Waals surface area contributed by atoms with Crippen LogP contribution in [0, 0.1) is 10.1 Å². The molecule has 0 aliphatic heterocycles. The molecule has 19 heavy (non-hydrogen) atoms. The maximum atomic E-state index is 11.3. The number of carbonyl (C=O) groups excluding carboxylic acids is 1. The van der Waals surface area contributed by atoms with Gasteiger partial charge in [0.05, 0.1) is 24.7 Å². The van der Waals surface area contributed by atoms with Crippen LogP contribution in [0.4, 0.5) is 5.69 Å². The quantitative estimate of drug-likeness (QED) is 0.536. The van der Waals surface area contributed by atoms with Crippen molar-refractivity contribution >= 4 is 11.6 Å². The minimum atomic E-state index is -0.555. The molecule has 0 bridgehead atoms. The number of methoxy groups -OCH3 is 1. The van der Waals surface area contributed by atoms with Crippen molar-refractivity contribution in [3.05, 3.63) is 28.3 Å². The molecule has 0 saturated carbocycles. The van der Waals surface area contributed by atoms with Crippen molar-refractivity contribution in [3.63, 3.8) is 0 Å². The van der Waals surface area contributed by atoms with Crippen LogP contribution < -0.4 is 14.8 Å². The van der Waals surface area contributed by atoms with E-state index in [4.69, 9.17) is 14.6 Å². The van der Waals surface area contributed by atoms with E-state index in [1.807, 2.05) is 0 Å².